The molecule has 0 bridgehead atoms. The number of hydrogen-bond acceptors (Lipinski definition) is 5. The summed E-state index contributed by atoms with van der Waals surface area (Å²) in [5.41, 5.74) is -0.227. The third kappa shape index (κ3) is 3.67. The van der Waals surface area contributed by atoms with Crippen molar-refractivity contribution in [1.82, 2.24) is 0 Å². The van der Waals surface area contributed by atoms with Crippen LogP contribution >= 0.6 is 22.6 Å². The van der Waals surface area contributed by atoms with Gasteiger partial charge in [0.2, 0.25) is 0 Å². The first-order valence-corrected chi connectivity index (χ1v) is 11.7. The lowest BCUT2D eigenvalue weighted by Gasteiger charge is -2.41. The fourth-order valence-corrected chi connectivity index (χ4v) is 6.14. The molecule has 0 N–H and O–H groups in total. The number of rotatable bonds is 4. The van der Waals surface area contributed by atoms with Crippen molar-refractivity contribution >= 4 is 22.6 Å². The molecule has 26 heavy (non-hydrogen) atoms. The molecule has 1 spiro atoms. The van der Waals surface area contributed by atoms with Crippen LogP contribution in [0.3, 0.4) is 0 Å². The number of alkyl halides is 1. The predicted molar refractivity (Wildman–Crippen MR) is 105 cm³/mol. The second-order valence-corrected chi connectivity index (χ2v) is 9.35. The van der Waals surface area contributed by atoms with E-state index in [4.69, 9.17) is 24.2 Å². The van der Waals surface area contributed by atoms with Crippen LogP contribution in [-0.4, -0.2) is 46.8 Å². The zero-order valence-electron chi connectivity index (χ0n) is 15.6. The van der Waals surface area contributed by atoms with Crippen molar-refractivity contribution in [2.75, 3.05) is 11.0 Å². The van der Waals surface area contributed by atoms with E-state index in [0.29, 0.717) is 6.61 Å². The molecule has 146 valence electrons. The smallest absolute Gasteiger partial charge is 0.169 e. The Hall–Kier alpha value is 0.0600. The number of ether oxygens (including phenoxy) is 4. The molecule has 5 nitrogen and oxygen atoms in total. The van der Waals surface area contributed by atoms with Gasteiger partial charge in [-0.05, 0) is 39.0 Å². The van der Waals surface area contributed by atoms with Crippen LogP contribution in [-0.2, 0) is 18.9 Å². The minimum absolute atomic E-state index is 0.0265. The fourth-order valence-electron chi connectivity index (χ4n) is 5.16. The minimum atomic E-state index is -0.344. The van der Waals surface area contributed by atoms with E-state index in [2.05, 4.69) is 28.7 Å². The molecule has 4 aliphatic rings. The predicted octanol–water partition coefficient (Wildman–Crippen LogP) is 4.12. The topological polar surface area (TPSA) is 60.7 Å². The van der Waals surface area contributed by atoms with E-state index in [-0.39, 0.29) is 41.7 Å². The van der Waals surface area contributed by atoms with E-state index >= 15 is 0 Å². The van der Waals surface area contributed by atoms with Crippen molar-refractivity contribution in [2.45, 2.75) is 101 Å². The number of fused-ring (bicyclic) bond motifs is 1. The van der Waals surface area contributed by atoms with Crippen LogP contribution in [0.1, 0.15) is 64.7 Å². The Labute approximate surface area is 170 Å². The van der Waals surface area contributed by atoms with E-state index in [9.17, 15) is 0 Å². The highest BCUT2D eigenvalue weighted by Gasteiger charge is 2.56. The van der Waals surface area contributed by atoms with Crippen molar-refractivity contribution in [3.63, 3.8) is 0 Å². The van der Waals surface area contributed by atoms with Crippen molar-refractivity contribution in [1.29, 1.82) is 5.26 Å². The highest BCUT2D eigenvalue weighted by Crippen LogP contribution is 2.47. The van der Waals surface area contributed by atoms with Gasteiger partial charge in [0.25, 0.3) is 0 Å². The number of hydrogen-bond donors (Lipinski definition) is 0. The monoisotopic (exact) mass is 475 g/mol. The molecular weight excluding hydrogens is 445 g/mol. The molecule has 6 heteroatoms. The highest BCUT2D eigenvalue weighted by atomic mass is 127. The molecule has 3 aliphatic heterocycles. The average Bonchev–Trinajstić information content (AvgIpc) is 3.24. The number of nitriles is 1. The highest BCUT2D eigenvalue weighted by molar-refractivity contribution is 14.1. The maximum atomic E-state index is 9.12. The van der Waals surface area contributed by atoms with Gasteiger partial charge >= 0.3 is 0 Å². The molecule has 4 fully saturated rings. The Bertz CT molecular complexity index is 546. The molecule has 3 saturated heterocycles. The summed E-state index contributed by atoms with van der Waals surface area (Å²) in [5, 5.41) is 9.12. The fraction of sp³-hybridized carbons (Fsp3) is 0.950. The van der Waals surface area contributed by atoms with Crippen LogP contribution in [0, 0.1) is 17.2 Å². The summed E-state index contributed by atoms with van der Waals surface area (Å²) in [7, 11) is 0. The molecule has 0 amide bonds. The van der Waals surface area contributed by atoms with Gasteiger partial charge in [-0.2, -0.15) is 5.26 Å². The lowest BCUT2D eigenvalue weighted by atomic mass is 9.86. The summed E-state index contributed by atoms with van der Waals surface area (Å²) in [4.78, 5) is 0. The van der Waals surface area contributed by atoms with Gasteiger partial charge in [-0.25, -0.2) is 0 Å². The normalized spacial score (nSPS) is 43.1. The van der Waals surface area contributed by atoms with Crippen LogP contribution in [0.25, 0.3) is 0 Å². The summed E-state index contributed by atoms with van der Waals surface area (Å²) in [6, 6.07) is 2.34. The van der Waals surface area contributed by atoms with E-state index in [1.54, 1.807) is 0 Å². The summed E-state index contributed by atoms with van der Waals surface area (Å²) in [6.07, 6.45) is 9.80. The first-order valence-electron chi connectivity index (χ1n) is 10.2. The molecule has 0 aromatic rings. The maximum absolute atomic E-state index is 9.12. The van der Waals surface area contributed by atoms with E-state index in [1.807, 2.05) is 6.92 Å². The van der Waals surface area contributed by atoms with Crippen molar-refractivity contribution in [3.8, 4) is 6.07 Å². The van der Waals surface area contributed by atoms with Crippen molar-refractivity contribution in [3.05, 3.63) is 0 Å². The summed E-state index contributed by atoms with van der Waals surface area (Å²) in [5.74, 6) is -0.304. The van der Waals surface area contributed by atoms with Gasteiger partial charge in [-0.1, -0.05) is 29.0 Å². The molecule has 0 aromatic carbocycles. The first-order chi connectivity index (χ1) is 12.6. The van der Waals surface area contributed by atoms with Gasteiger partial charge in [0.05, 0.1) is 31.0 Å². The van der Waals surface area contributed by atoms with Crippen LogP contribution < -0.4 is 0 Å². The van der Waals surface area contributed by atoms with E-state index in [1.165, 1.54) is 19.3 Å². The van der Waals surface area contributed by atoms with Gasteiger partial charge in [0.15, 0.2) is 5.79 Å². The van der Waals surface area contributed by atoms with Crippen molar-refractivity contribution in [2.24, 2.45) is 5.92 Å². The third-order valence-corrected chi connectivity index (χ3v) is 7.89. The molecule has 4 rings (SSSR count). The quantitative estimate of drug-likeness (QED) is 0.452. The van der Waals surface area contributed by atoms with Crippen LogP contribution in [0.15, 0.2) is 0 Å². The van der Waals surface area contributed by atoms with Gasteiger partial charge in [0.1, 0.15) is 11.7 Å². The van der Waals surface area contributed by atoms with E-state index in [0.717, 1.165) is 43.0 Å². The number of nitrogens with zero attached hydrogens (tertiary/aromatic N) is 1. The molecule has 3 heterocycles. The standard InChI is InChI=1S/C20H30INO4/c1-14(11-22)9-15-5-6-18-19(13-21,25-15)10-16(24-18)17-12-23-20(26-17)7-3-2-4-8-20/h14-18H,2-10,12-13H2,1H3/t14-,15-,16-,17?,18+,19-/m1/s1. The van der Waals surface area contributed by atoms with Crippen LogP contribution in [0.5, 0.6) is 0 Å². The van der Waals surface area contributed by atoms with Gasteiger partial charge < -0.3 is 18.9 Å². The Morgan fingerprint density at radius 3 is 2.69 bits per heavy atom. The largest absolute Gasteiger partial charge is 0.369 e. The lowest BCUT2D eigenvalue weighted by molar-refractivity contribution is -0.199. The summed E-state index contributed by atoms with van der Waals surface area (Å²) in [6.45, 7) is 2.62. The van der Waals surface area contributed by atoms with Gasteiger partial charge in [0, 0.05) is 29.6 Å². The Kier molecular flexibility index (Phi) is 5.83. The second-order valence-electron chi connectivity index (χ2n) is 8.59. The third-order valence-electron chi connectivity index (χ3n) is 6.59. The van der Waals surface area contributed by atoms with Crippen molar-refractivity contribution < 1.29 is 18.9 Å². The lowest BCUT2D eigenvalue weighted by Crippen LogP contribution is -2.50. The Morgan fingerprint density at radius 2 is 1.96 bits per heavy atom. The number of halogens is 1. The minimum Gasteiger partial charge on any atom is -0.369 e. The Morgan fingerprint density at radius 1 is 1.15 bits per heavy atom. The maximum Gasteiger partial charge on any atom is 0.169 e. The molecule has 1 aliphatic carbocycles. The Balaban J connectivity index is 1.40. The molecule has 6 atom stereocenters. The zero-order valence-corrected chi connectivity index (χ0v) is 17.8. The second kappa shape index (κ2) is 7.82. The molecule has 1 unspecified atom stereocenters. The summed E-state index contributed by atoms with van der Waals surface area (Å²) < 4.78 is 26.5. The average molecular weight is 475 g/mol. The molecule has 0 radical (unpaired) electrons. The molecule has 0 aromatic heterocycles. The van der Waals surface area contributed by atoms with Gasteiger partial charge in [-0.3, -0.25) is 0 Å². The van der Waals surface area contributed by atoms with E-state index < -0.39 is 0 Å². The zero-order chi connectivity index (χ0) is 18.2. The SMILES string of the molecule is C[C@@H](C#N)C[C@H]1CC[C@@H]2O[C@@H](C3COC4(CCCCC4)O3)C[C@]2(CI)O1. The first kappa shape index (κ1) is 19.4. The molecular formula is C20H30INO4. The van der Waals surface area contributed by atoms with Crippen LogP contribution in [0.2, 0.25) is 0 Å². The van der Waals surface area contributed by atoms with Crippen LogP contribution in [0.4, 0.5) is 0 Å². The van der Waals surface area contributed by atoms with Gasteiger partial charge in [-0.15, -0.1) is 0 Å². The summed E-state index contributed by atoms with van der Waals surface area (Å²) >= 11 is 2.44. The molecule has 1 saturated carbocycles.